The third-order valence-electron chi connectivity index (χ3n) is 13.8. The van der Waals surface area contributed by atoms with Crippen molar-refractivity contribution in [2.24, 2.45) is 46.8 Å². The minimum atomic E-state index is -5.13. The molecule has 0 fully saturated rings. The number of nitrogens with zero attached hydrogens (tertiary/aromatic N) is 8. The Bertz CT molecular complexity index is 4990. The summed E-state index contributed by atoms with van der Waals surface area (Å²) in [7, 11) is -13.7. The van der Waals surface area contributed by atoms with Gasteiger partial charge < -0.3 is 35.2 Å². The summed E-state index contributed by atoms with van der Waals surface area (Å²) >= 11 is 1.30. The lowest BCUT2D eigenvalue weighted by molar-refractivity contribution is -0.432. The number of aromatic hydroxyl groups is 3. The summed E-state index contributed by atoms with van der Waals surface area (Å²) < 4.78 is 125. The van der Waals surface area contributed by atoms with Crippen molar-refractivity contribution in [3.8, 4) is 23.0 Å². The Hall–Kier alpha value is -9.15. The lowest BCUT2D eigenvalue weighted by Gasteiger charge is -2.20. The minimum Gasteiger partial charge on any atom is -0.507 e. The molecule has 9 aromatic carbocycles. The van der Waals surface area contributed by atoms with Gasteiger partial charge in [-0.1, -0.05) is 35.2 Å². The van der Waals surface area contributed by atoms with Crippen LogP contribution < -0.4 is 10.1 Å². The zero-order valence-electron chi connectivity index (χ0n) is 47.3. The molecule has 30 nitrogen and oxygen atoms in total. The molecule has 2 unspecified atom stereocenters. The van der Waals surface area contributed by atoms with Gasteiger partial charge in [0.05, 0.1) is 81.0 Å². The minimum absolute atomic E-state index is 0.000620. The summed E-state index contributed by atoms with van der Waals surface area (Å²) in [5.41, 5.74) is 1.38. The molecule has 0 saturated carbocycles. The lowest BCUT2D eigenvalue weighted by atomic mass is 9.95. The van der Waals surface area contributed by atoms with Crippen molar-refractivity contribution in [3.05, 3.63) is 150 Å². The van der Waals surface area contributed by atoms with Gasteiger partial charge in [0.15, 0.2) is 11.5 Å². The van der Waals surface area contributed by atoms with Gasteiger partial charge in [0.1, 0.15) is 51.5 Å². The van der Waals surface area contributed by atoms with Gasteiger partial charge in [-0.3, -0.25) is 13.7 Å². The molecule has 0 amide bonds. The molecular weight excluding hydrogens is 1310 g/mol. The van der Waals surface area contributed by atoms with Gasteiger partial charge in [0.2, 0.25) is 0 Å². The van der Waals surface area contributed by atoms with E-state index in [-0.39, 0.29) is 85.1 Å². The average Bonchev–Trinajstić information content (AvgIpc) is 0.802. The van der Waals surface area contributed by atoms with Crippen LogP contribution in [0.4, 0.5) is 45.5 Å². The maximum atomic E-state index is 13.0. The second-order valence-electron chi connectivity index (χ2n) is 19.8. The number of hydrogen-bond donors (Lipinski definition) is 10. The molecule has 0 saturated heterocycles. The molecule has 35 heteroatoms. The maximum Gasteiger partial charge on any atom is 0.296 e. The first kappa shape index (κ1) is 65.8. The Morgan fingerprint density at radius 1 is 0.576 bits per heavy atom. The van der Waals surface area contributed by atoms with E-state index in [9.17, 15) is 59.3 Å². The molecule has 0 radical (unpaired) electrons. The molecular formula is C57H47N9O21S5. The van der Waals surface area contributed by atoms with Gasteiger partial charge in [-0.25, -0.2) is 10.5 Å². The van der Waals surface area contributed by atoms with Crippen LogP contribution in [0.2, 0.25) is 0 Å². The standard InChI is InChI=1S/C57H47N9O21S5/c1-28-15-45(49(82-3)26-43(28)61-64-47-24-37(90(73,74)75)20-33-21-38(91(76,77)78)25-48(68)53(33)47)62-66-55-52(92(79,80)81)23-32-18-35(8-11-41(32)57(55)70)58-34-7-10-40-31(17-34)22-51(89-87-85-72)54(56(40)69)65-63-46-16-29(2)44(27-50(46)83-14-13-67)60-59-42-6-4-5-30-19-36(88-86-84-71)9-12-39(30)42/h4-12,15-28,43,58,67-72H,13-14H2,1-3H3,(H,73,74,75)(H,76,77,78)(H,79,80,81)/b60-59+,64-61+,65-63+,66-62+. The molecule has 9 aromatic rings. The second kappa shape index (κ2) is 27.4. The molecule has 1 aliphatic carbocycles. The highest BCUT2D eigenvalue weighted by atomic mass is 32.2. The monoisotopic (exact) mass is 1350 g/mol. The first-order valence-corrected chi connectivity index (χ1v) is 32.1. The molecule has 92 heavy (non-hydrogen) atoms. The molecule has 10 rings (SSSR count). The second-order valence-corrected chi connectivity index (χ2v) is 25.5. The lowest BCUT2D eigenvalue weighted by Crippen LogP contribution is -2.17. The van der Waals surface area contributed by atoms with Crippen LogP contribution >= 0.6 is 24.1 Å². The Balaban J connectivity index is 0.898. The molecule has 476 valence electrons. The number of aliphatic hydroxyl groups is 1. The summed E-state index contributed by atoms with van der Waals surface area (Å²) in [6, 6.07) is 28.2. The third kappa shape index (κ3) is 14.6. The van der Waals surface area contributed by atoms with E-state index in [1.807, 2.05) is 6.07 Å². The predicted molar refractivity (Wildman–Crippen MR) is 332 cm³/mol. The number of methoxy groups -OCH3 is 1. The first-order valence-electron chi connectivity index (χ1n) is 26.3. The highest BCUT2D eigenvalue weighted by Crippen LogP contribution is 2.48. The maximum absolute atomic E-state index is 13.0. The Morgan fingerprint density at radius 2 is 1.21 bits per heavy atom. The summed E-state index contributed by atoms with van der Waals surface area (Å²) in [5.74, 6) is -2.26. The number of phenols is 3. The van der Waals surface area contributed by atoms with Crippen LogP contribution in [0.25, 0.3) is 43.1 Å². The molecule has 1 aliphatic rings. The van der Waals surface area contributed by atoms with Crippen molar-refractivity contribution in [1.29, 1.82) is 0 Å². The van der Waals surface area contributed by atoms with Crippen LogP contribution in [0.5, 0.6) is 23.0 Å². The summed E-state index contributed by atoms with van der Waals surface area (Å²) in [4.78, 5) is -1.59. The number of phenolic OH excluding ortho intramolecular Hbond substituents is 3. The van der Waals surface area contributed by atoms with Gasteiger partial charge in [-0.05, 0) is 137 Å². The fraction of sp³-hybridized carbons (Fsp3) is 0.123. The fourth-order valence-corrected chi connectivity index (χ4v) is 12.2. The molecule has 10 N–H and O–H groups in total. The van der Waals surface area contributed by atoms with Gasteiger partial charge in [0, 0.05) is 50.5 Å². The summed E-state index contributed by atoms with van der Waals surface area (Å²) in [6.45, 7) is 2.92. The van der Waals surface area contributed by atoms with E-state index in [0.29, 0.717) is 56.7 Å². The average molecular weight is 1350 g/mol. The first-order chi connectivity index (χ1) is 43.8. The number of nitrogens with one attached hydrogen (secondary N) is 1. The summed E-state index contributed by atoms with van der Waals surface area (Å²) in [6.07, 6.45) is 2.90. The number of azo groups is 4. The number of aryl methyl sites for hydroxylation is 1. The predicted octanol–water partition coefficient (Wildman–Crippen LogP) is 14.6. The zero-order valence-corrected chi connectivity index (χ0v) is 51.4. The SMILES string of the molecule is COC1=CC(/N=N/c2cc(S(=O)(=O)O)cc3cc(S(=O)(=O)O)cc(O)c23)C(C)C=C1/N=N/c1c(S(=O)(=O)O)cc2cc(Nc3ccc4c(O)c(/N=N/c5cc(C)c(/N=N/c6cccc7cc(SOOO)ccc67)cc5OCCO)c(SOOO)cc4c3)ccc2c1O. The third-order valence-corrected chi connectivity index (χ3v) is 17.5. The van der Waals surface area contributed by atoms with Crippen LogP contribution in [-0.4, -0.2) is 96.2 Å². The number of fused-ring (bicyclic) bond motifs is 4. The largest absolute Gasteiger partial charge is 0.507 e. The van der Waals surface area contributed by atoms with Crippen LogP contribution in [-0.2, 0) is 53.8 Å². The highest BCUT2D eigenvalue weighted by molar-refractivity contribution is 7.95. The number of anilines is 2. The van der Waals surface area contributed by atoms with E-state index >= 15 is 0 Å². The van der Waals surface area contributed by atoms with E-state index in [1.165, 1.54) is 31.4 Å². The van der Waals surface area contributed by atoms with Gasteiger partial charge in [-0.2, -0.15) is 40.6 Å². The summed E-state index contributed by atoms with van der Waals surface area (Å²) in [5, 5.41) is 109. The smallest absolute Gasteiger partial charge is 0.296 e. The molecule has 0 aliphatic heterocycles. The fourth-order valence-electron chi connectivity index (χ4n) is 9.54. The van der Waals surface area contributed by atoms with E-state index in [0.717, 1.165) is 47.1 Å². The van der Waals surface area contributed by atoms with Gasteiger partial charge in [0.25, 0.3) is 30.4 Å². The Morgan fingerprint density at radius 3 is 1.87 bits per heavy atom. The van der Waals surface area contributed by atoms with Crippen LogP contribution in [0.1, 0.15) is 12.5 Å². The van der Waals surface area contributed by atoms with Gasteiger partial charge in [-0.15, -0.1) is 34.2 Å². The van der Waals surface area contributed by atoms with Crippen molar-refractivity contribution in [3.63, 3.8) is 0 Å². The number of rotatable bonds is 23. The normalized spacial score (nSPS) is 15.1. The molecule has 0 spiro atoms. The topological polar surface area (TPSA) is 451 Å². The number of benzene rings is 9. The molecule has 0 aromatic heterocycles. The quantitative estimate of drug-likeness (QED) is 0.00934. The Labute approximate surface area is 528 Å². The molecule has 2 atom stereocenters. The van der Waals surface area contributed by atoms with E-state index in [1.54, 1.807) is 86.6 Å². The number of hydrogen-bond acceptors (Lipinski definition) is 29. The Kier molecular flexibility index (Phi) is 19.6. The van der Waals surface area contributed by atoms with E-state index in [2.05, 4.69) is 60.6 Å². The van der Waals surface area contributed by atoms with Crippen molar-refractivity contribution >= 4 is 143 Å². The van der Waals surface area contributed by atoms with Crippen LogP contribution in [0.3, 0.4) is 0 Å². The number of aliphatic hydroxyl groups excluding tert-OH is 1. The van der Waals surface area contributed by atoms with Crippen molar-refractivity contribution in [1.82, 2.24) is 0 Å². The van der Waals surface area contributed by atoms with E-state index < -0.39 is 74.2 Å². The van der Waals surface area contributed by atoms with Crippen molar-refractivity contribution < 1.29 is 98.1 Å². The van der Waals surface area contributed by atoms with Crippen LogP contribution in [0.15, 0.2) is 210 Å². The van der Waals surface area contributed by atoms with E-state index in [4.69, 9.17) is 24.3 Å². The van der Waals surface area contributed by atoms with Crippen molar-refractivity contribution in [2.75, 3.05) is 25.6 Å². The van der Waals surface area contributed by atoms with Crippen molar-refractivity contribution in [2.45, 2.75) is 44.4 Å². The zero-order chi connectivity index (χ0) is 65.8. The molecule has 0 bridgehead atoms. The molecule has 0 heterocycles. The highest BCUT2D eigenvalue weighted by Gasteiger charge is 2.27. The van der Waals surface area contributed by atoms with Crippen LogP contribution in [0, 0.1) is 12.8 Å². The number of ether oxygens (including phenoxy) is 2. The van der Waals surface area contributed by atoms with Gasteiger partial charge >= 0.3 is 0 Å².